The number of halogens is 1. The molecule has 0 spiro atoms. The van der Waals surface area contributed by atoms with Crippen LogP contribution in [0, 0.1) is 5.92 Å². The van der Waals surface area contributed by atoms with E-state index in [9.17, 15) is 0 Å². The summed E-state index contributed by atoms with van der Waals surface area (Å²) in [4.78, 5) is 0. The van der Waals surface area contributed by atoms with Crippen LogP contribution in [0.1, 0.15) is 42.2 Å². The monoisotopic (exact) mass is 417 g/mol. The van der Waals surface area contributed by atoms with E-state index in [1.165, 1.54) is 22.4 Å². The van der Waals surface area contributed by atoms with Gasteiger partial charge in [-0.2, -0.15) is 0 Å². The predicted octanol–water partition coefficient (Wildman–Crippen LogP) is 5.27. The highest BCUT2D eigenvalue weighted by atomic mass is 79.9. The summed E-state index contributed by atoms with van der Waals surface area (Å²) in [7, 11) is 3.33. The van der Waals surface area contributed by atoms with E-state index in [0.717, 1.165) is 35.4 Å². The Labute approximate surface area is 163 Å². The van der Waals surface area contributed by atoms with Gasteiger partial charge in [0.25, 0.3) is 0 Å². The molecule has 2 aliphatic heterocycles. The van der Waals surface area contributed by atoms with Crippen LogP contribution in [0.15, 0.2) is 34.8 Å². The molecule has 0 aliphatic carbocycles. The number of anilines is 1. The third-order valence-electron chi connectivity index (χ3n) is 5.52. The third kappa shape index (κ3) is 2.87. The molecule has 3 atom stereocenters. The lowest BCUT2D eigenvalue weighted by Gasteiger charge is -2.37. The zero-order chi connectivity index (χ0) is 18.3. The van der Waals surface area contributed by atoms with Crippen molar-refractivity contribution in [2.24, 2.45) is 5.92 Å². The van der Waals surface area contributed by atoms with Crippen molar-refractivity contribution in [1.29, 1.82) is 0 Å². The van der Waals surface area contributed by atoms with Crippen molar-refractivity contribution in [1.82, 2.24) is 0 Å². The topological polar surface area (TPSA) is 39.7 Å². The van der Waals surface area contributed by atoms with Crippen molar-refractivity contribution >= 4 is 21.6 Å². The van der Waals surface area contributed by atoms with E-state index in [4.69, 9.17) is 14.2 Å². The van der Waals surface area contributed by atoms with Gasteiger partial charge in [0.05, 0.1) is 30.8 Å². The summed E-state index contributed by atoms with van der Waals surface area (Å²) >= 11 is 3.62. The van der Waals surface area contributed by atoms with Crippen LogP contribution >= 0.6 is 15.9 Å². The van der Waals surface area contributed by atoms with E-state index in [2.05, 4.69) is 58.5 Å². The Morgan fingerprint density at radius 2 is 2.04 bits per heavy atom. The van der Waals surface area contributed by atoms with Gasteiger partial charge in [0, 0.05) is 23.8 Å². The third-order valence-corrected chi connectivity index (χ3v) is 6.11. The van der Waals surface area contributed by atoms with Gasteiger partial charge >= 0.3 is 0 Å². The van der Waals surface area contributed by atoms with Gasteiger partial charge in [-0.25, -0.2) is 0 Å². The standard InChI is InChI=1S/C21H24BrNO3/c1-4-12-5-6-17-15(9-12)20-14(7-8-26-20)19(23-17)13-10-16(22)21(25-3)18(11-13)24-2/h5-6,9-11,14,19-20,23H,4,7-8H2,1-3H3. The number of fused-ring (bicyclic) bond motifs is 3. The second kappa shape index (κ2) is 7.12. The molecule has 4 nitrogen and oxygen atoms in total. The first-order valence-electron chi connectivity index (χ1n) is 9.08. The van der Waals surface area contributed by atoms with E-state index in [-0.39, 0.29) is 12.1 Å². The lowest BCUT2D eigenvalue weighted by Crippen LogP contribution is -2.29. The van der Waals surface area contributed by atoms with E-state index in [1.807, 2.05) is 0 Å². The van der Waals surface area contributed by atoms with Gasteiger partial charge in [-0.15, -0.1) is 0 Å². The Balaban J connectivity index is 1.77. The molecule has 2 aliphatic rings. The number of hydrogen-bond acceptors (Lipinski definition) is 4. The summed E-state index contributed by atoms with van der Waals surface area (Å²) in [5.41, 5.74) is 5.00. The van der Waals surface area contributed by atoms with Crippen molar-refractivity contribution < 1.29 is 14.2 Å². The lowest BCUT2D eigenvalue weighted by molar-refractivity contribution is 0.0828. The minimum Gasteiger partial charge on any atom is -0.493 e. The van der Waals surface area contributed by atoms with Crippen LogP contribution in [0.2, 0.25) is 0 Å². The van der Waals surface area contributed by atoms with Crippen molar-refractivity contribution in [2.45, 2.75) is 31.9 Å². The maximum Gasteiger partial charge on any atom is 0.174 e. The fourth-order valence-corrected chi connectivity index (χ4v) is 4.81. The number of rotatable bonds is 4. The van der Waals surface area contributed by atoms with Crippen LogP contribution < -0.4 is 14.8 Å². The SMILES string of the molecule is CCc1ccc2c(c1)C1OCCC1C(c1cc(Br)c(OC)c(OC)c1)N2. The average Bonchev–Trinajstić information content (AvgIpc) is 3.16. The van der Waals surface area contributed by atoms with Crippen molar-refractivity contribution in [3.8, 4) is 11.5 Å². The molecule has 26 heavy (non-hydrogen) atoms. The van der Waals surface area contributed by atoms with Gasteiger partial charge in [-0.3, -0.25) is 0 Å². The van der Waals surface area contributed by atoms with Gasteiger partial charge < -0.3 is 19.5 Å². The van der Waals surface area contributed by atoms with E-state index < -0.39 is 0 Å². The molecule has 1 N–H and O–H groups in total. The molecule has 2 aromatic carbocycles. The Morgan fingerprint density at radius 3 is 2.77 bits per heavy atom. The maximum atomic E-state index is 6.16. The van der Waals surface area contributed by atoms with Crippen LogP contribution in [0.5, 0.6) is 11.5 Å². The normalized spacial score (nSPS) is 23.8. The number of methoxy groups -OCH3 is 2. The first-order valence-corrected chi connectivity index (χ1v) is 9.88. The minimum absolute atomic E-state index is 0.148. The number of ether oxygens (including phenoxy) is 3. The fourth-order valence-electron chi connectivity index (χ4n) is 4.19. The minimum atomic E-state index is 0.148. The van der Waals surface area contributed by atoms with Crippen LogP contribution in [0.3, 0.4) is 0 Å². The number of hydrogen-bond donors (Lipinski definition) is 1. The van der Waals surface area contributed by atoms with Crippen molar-refractivity contribution in [3.63, 3.8) is 0 Å². The van der Waals surface area contributed by atoms with Crippen molar-refractivity contribution in [3.05, 3.63) is 51.5 Å². The van der Waals surface area contributed by atoms with E-state index >= 15 is 0 Å². The second-order valence-corrected chi connectivity index (χ2v) is 7.73. The molecule has 0 aromatic heterocycles. The second-order valence-electron chi connectivity index (χ2n) is 6.88. The lowest BCUT2D eigenvalue weighted by atomic mass is 9.80. The molecule has 2 heterocycles. The molecule has 0 saturated carbocycles. The first kappa shape index (κ1) is 17.7. The highest BCUT2D eigenvalue weighted by Crippen LogP contribution is 2.51. The molecular weight excluding hydrogens is 394 g/mol. The molecule has 4 rings (SSSR count). The maximum absolute atomic E-state index is 6.16. The van der Waals surface area contributed by atoms with E-state index in [1.54, 1.807) is 14.2 Å². The molecule has 5 heteroatoms. The van der Waals surface area contributed by atoms with Crippen molar-refractivity contribution in [2.75, 3.05) is 26.1 Å². The van der Waals surface area contributed by atoms with Crippen LogP contribution in [-0.2, 0) is 11.2 Å². The van der Waals surface area contributed by atoms with Crippen LogP contribution in [0.4, 0.5) is 5.69 Å². The molecular formula is C21H24BrNO3. The molecule has 1 fully saturated rings. The van der Waals surface area contributed by atoms with Gasteiger partial charge in [0.2, 0.25) is 0 Å². The van der Waals surface area contributed by atoms with Crippen LogP contribution in [0.25, 0.3) is 0 Å². The average molecular weight is 418 g/mol. The summed E-state index contributed by atoms with van der Waals surface area (Å²) in [5.74, 6) is 1.86. The summed E-state index contributed by atoms with van der Waals surface area (Å²) in [5, 5.41) is 3.75. The van der Waals surface area contributed by atoms with Crippen LogP contribution in [-0.4, -0.2) is 20.8 Å². The molecule has 0 bridgehead atoms. The number of nitrogens with one attached hydrogen (secondary N) is 1. The molecule has 0 amide bonds. The Morgan fingerprint density at radius 1 is 1.19 bits per heavy atom. The van der Waals surface area contributed by atoms with Gasteiger partial charge in [-0.1, -0.05) is 19.1 Å². The van der Waals surface area contributed by atoms with E-state index in [0.29, 0.717) is 5.92 Å². The molecule has 3 unspecified atom stereocenters. The Hall–Kier alpha value is -1.72. The fraction of sp³-hybridized carbons (Fsp3) is 0.429. The van der Waals surface area contributed by atoms with Gasteiger partial charge in [-0.05, 0) is 58.1 Å². The molecule has 138 valence electrons. The van der Waals surface area contributed by atoms with Gasteiger partial charge in [0.15, 0.2) is 11.5 Å². The molecule has 0 radical (unpaired) electrons. The molecule has 2 aromatic rings. The zero-order valence-corrected chi connectivity index (χ0v) is 16.9. The smallest absolute Gasteiger partial charge is 0.174 e. The number of benzene rings is 2. The van der Waals surface area contributed by atoms with Gasteiger partial charge in [0.1, 0.15) is 0 Å². The highest BCUT2D eigenvalue weighted by molar-refractivity contribution is 9.10. The summed E-state index contributed by atoms with van der Waals surface area (Å²) in [6, 6.07) is 11.1. The quantitative estimate of drug-likeness (QED) is 0.734. The summed E-state index contributed by atoms with van der Waals surface area (Å²) in [6.45, 7) is 2.99. The molecule has 1 saturated heterocycles. The Kier molecular flexibility index (Phi) is 4.84. The zero-order valence-electron chi connectivity index (χ0n) is 15.3. The summed E-state index contributed by atoms with van der Waals surface area (Å²) < 4.78 is 18.1. The summed E-state index contributed by atoms with van der Waals surface area (Å²) in [6.07, 6.45) is 2.23. The highest BCUT2D eigenvalue weighted by Gasteiger charge is 2.41. The first-order chi connectivity index (χ1) is 12.7. The number of aryl methyl sites for hydroxylation is 1. The predicted molar refractivity (Wildman–Crippen MR) is 106 cm³/mol. The Bertz CT molecular complexity index is 823. The largest absolute Gasteiger partial charge is 0.493 e.